The lowest BCUT2D eigenvalue weighted by atomic mass is 10.2. The van der Waals surface area contributed by atoms with E-state index in [4.69, 9.17) is 16.1 Å². The number of rotatable bonds is 7. The van der Waals surface area contributed by atoms with Gasteiger partial charge in [-0.25, -0.2) is 9.98 Å². The number of guanidine groups is 1. The molecule has 9 heteroatoms. The van der Waals surface area contributed by atoms with Crippen LogP contribution in [0.2, 0.25) is 5.02 Å². The van der Waals surface area contributed by atoms with Crippen LogP contribution in [0, 0.1) is 6.92 Å². The molecule has 2 aromatic heterocycles. The van der Waals surface area contributed by atoms with Gasteiger partial charge < -0.3 is 15.2 Å². The first kappa shape index (κ1) is 19.3. The monoisotopic (exact) mass is 404 g/mol. The van der Waals surface area contributed by atoms with Crippen molar-refractivity contribution in [2.45, 2.75) is 26.8 Å². The van der Waals surface area contributed by atoms with Crippen molar-refractivity contribution in [1.29, 1.82) is 0 Å². The van der Waals surface area contributed by atoms with E-state index >= 15 is 0 Å². The van der Waals surface area contributed by atoms with Crippen molar-refractivity contribution in [1.82, 2.24) is 25.8 Å². The molecule has 2 heterocycles. The molecule has 2 N–H and O–H groups in total. The van der Waals surface area contributed by atoms with Gasteiger partial charge in [0.2, 0.25) is 11.7 Å². The smallest absolute Gasteiger partial charge is 0.228 e. The lowest BCUT2D eigenvalue weighted by Crippen LogP contribution is -2.38. The summed E-state index contributed by atoms with van der Waals surface area (Å²) in [6, 6.07) is 7.38. The van der Waals surface area contributed by atoms with Crippen LogP contribution in [0.25, 0.3) is 11.4 Å². The molecule has 0 atom stereocenters. The van der Waals surface area contributed by atoms with Crippen molar-refractivity contribution in [3.63, 3.8) is 0 Å². The molecule has 0 aliphatic rings. The molecule has 0 aliphatic carbocycles. The van der Waals surface area contributed by atoms with Gasteiger partial charge in [-0.15, -0.1) is 11.3 Å². The molecule has 0 unspecified atom stereocenters. The Morgan fingerprint density at radius 2 is 2.22 bits per heavy atom. The van der Waals surface area contributed by atoms with Gasteiger partial charge in [-0.05, 0) is 26.0 Å². The Kier molecular flexibility index (Phi) is 6.78. The van der Waals surface area contributed by atoms with Gasteiger partial charge >= 0.3 is 0 Å². The highest BCUT2D eigenvalue weighted by Crippen LogP contribution is 2.19. The summed E-state index contributed by atoms with van der Waals surface area (Å²) in [6.07, 6.45) is 2.46. The highest BCUT2D eigenvalue weighted by molar-refractivity contribution is 7.11. The maximum atomic E-state index is 6.00. The van der Waals surface area contributed by atoms with Gasteiger partial charge in [0.1, 0.15) is 5.01 Å². The quantitative estimate of drug-likeness (QED) is 0.463. The van der Waals surface area contributed by atoms with E-state index in [1.54, 1.807) is 11.3 Å². The van der Waals surface area contributed by atoms with Crippen molar-refractivity contribution in [3.05, 3.63) is 51.3 Å². The van der Waals surface area contributed by atoms with E-state index < -0.39 is 0 Å². The Morgan fingerprint density at radius 3 is 2.96 bits per heavy atom. The van der Waals surface area contributed by atoms with E-state index in [0.29, 0.717) is 36.2 Å². The maximum Gasteiger partial charge on any atom is 0.228 e. The first-order chi connectivity index (χ1) is 13.1. The zero-order valence-corrected chi connectivity index (χ0v) is 16.8. The fourth-order valence-electron chi connectivity index (χ4n) is 2.35. The zero-order chi connectivity index (χ0) is 19.1. The van der Waals surface area contributed by atoms with E-state index in [2.05, 4.69) is 30.8 Å². The van der Waals surface area contributed by atoms with Crippen LogP contribution in [0.5, 0.6) is 0 Å². The fourth-order valence-corrected chi connectivity index (χ4v) is 3.25. The molecule has 0 amide bonds. The average Bonchev–Trinajstić information content (AvgIpc) is 3.29. The van der Waals surface area contributed by atoms with Crippen molar-refractivity contribution in [2.75, 3.05) is 13.1 Å². The summed E-state index contributed by atoms with van der Waals surface area (Å²) in [7, 11) is 0. The van der Waals surface area contributed by atoms with Crippen LogP contribution in [0.4, 0.5) is 0 Å². The molecule has 7 nitrogen and oxygen atoms in total. The molecule has 0 fully saturated rings. The second kappa shape index (κ2) is 9.48. The molecule has 3 rings (SSSR count). The minimum Gasteiger partial charge on any atom is -0.357 e. The Bertz CT molecular complexity index is 907. The fraction of sp³-hybridized carbons (Fsp3) is 0.333. The number of hydrogen-bond donors (Lipinski definition) is 2. The van der Waals surface area contributed by atoms with Crippen molar-refractivity contribution in [3.8, 4) is 11.4 Å². The van der Waals surface area contributed by atoms with Crippen LogP contribution in [-0.4, -0.2) is 34.2 Å². The first-order valence-electron chi connectivity index (χ1n) is 8.66. The highest BCUT2D eigenvalue weighted by Gasteiger charge is 2.09. The van der Waals surface area contributed by atoms with Gasteiger partial charge in [0, 0.05) is 41.2 Å². The summed E-state index contributed by atoms with van der Waals surface area (Å²) >= 11 is 7.66. The summed E-state index contributed by atoms with van der Waals surface area (Å²) in [5.41, 5.74) is 0.833. The van der Waals surface area contributed by atoms with Crippen LogP contribution in [-0.2, 0) is 13.0 Å². The number of aryl methyl sites for hydroxylation is 1. The van der Waals surface area contributed by atoms with Gasteiger partial charge in [0.25, 0.3) is 0 Å². The van der Waals surface area contributed by atoms with Gasteiger partial charge in [-0.3, -0.25) is 0 Å². The maximum absolute atomic E-state index is 6.00. The van der Waals surface area contributed by atoms with Crippen molar-refractivity contribution < 1.29 is 4.52 Å². The van der Waals surface area contributed by atoms with Crippen molar-refractivity contribution >= 4 is 28.9 Å². The van der Waals surface area contributed by atoms with Crippen LogP contribution in [0.3, 0.4) is 0 Å². The summed E-state index contributed by atoms with van der Waals surface area (Å²) < 4.78 is 5.32. The molecule has 1 aromatic carbocycles. The number of benzene rings is 1. The van der Waals surface area contributed by atoms with Crippen LogP contribution < -0.4 is 10.6 Å². The number of aromatic nitrogens is 3. The molecule has 0 saturated heterocycles. The zero-order valence-electron chi connectivity index (χ0n) is 15.2. The summed E-state index contributed by atoms with van der Waals surface area (Å²) in [5.74, 6) is 1.83. The molecule has 0 spiro atoms. The summed E-state index contributed by atoms with van der Waals surface area (Å²) in [4.78, 5) is 14.5. The lowest BCUT2D eigenvalue weighted by molar-refractivity contribution is 0.378. The largest absolute Gasteiger partial charge is 0.357 e. The summed E-state index contributed by atoms with van der Waals surface area (Å²) in [5, 5.41) is 12.1. The van der Waals surface area contributed by atoms with Crippen LogP contribution >= 0.6 is 22.9 Å². The lowest BCUT2D eigenvalue weighted by Gasteiger charge is -2.09. The Hall–Kier alpha value is -2.45. The van der Waals surface area contributed by atoms with Crippen LogP contribution in [0.1, 0.15) is 22.7 Å². The molecule has 27 heavy (non-hydrogen) atoms. The Balaban J connectivity index is 1.54. The third-order valence-corrected chi connectivity index (χ3v) is 4.70. The van der Waals surface area contributed by atoms with Crippen molar-refractivity contribution in [2.24, 2.45) is 4.99 Å². The first-order valence-corrected chi connectivity index (χ1v) is 9.85. The number of aliphatic imine (C=N–C) groups is 1. The minimum atomic E-state index is 0.534. The second-order valence-electron chi connectivity index (χ2n) is 5.76. The second-order valence-corrected chi connectivity index (χ2v) is 7.51. The normalized spacial score (nSPS) is 11.6. The van der Waals surface area contributed by atoms with E-state index in [0.717, 1.165) is 23.1 Å². The molecular formula is C18H21ClN6OS. The topological polar surface area (TPSA) is 88.2 Å². The van der Waals surface area contributed by atoms with E-state index in [1.807, 2.05) is 44.3 Å². The molecule has 142 valence electrons. The Labute approximate surface area is 166 Å². The van der Waals surface area contributed by atoms with Gasteiger partial charge in [0.15, 0.2) is 5.96 Å². The minimum absolute atomic E-state index is 0.534. The summed E-state index contributed by atoms with van der Waals surface area (Å²) in [6.45, 7) is 6.02. The van der Waals surface area contributed by atoms with E-state index in [1.165, 1.54) is 4.88 Å². The number of halogens is 1. The number of nitrogens with one attached hydrogen (secondary N) is 2. The van der Waals surface area contributed by atoms with Crippen LogP contribution in [0.15, 0.2) is 40.0 Å². The average molecular weight is 405 g/mol. The standard InChI is InChI=1S/C18H21ClN6OS/c1-3-20-18(23-11-16-22-10-12(2)27-16)21-8-7-15-24-17(25-26-15)13-5-4-6-14(19)9-13/h4-6,9-10H,3,7-8,11H2,1-2H3,(H2,20,21,23). The highest BCUT2D eigenvalue weighted by atomic mass is 35.5. The van der Waals surface area contributed by atoms with Gasteiger partial charge in [-0.1, -0.05) is 28.9 Å². The molecule has 3 aromatic rings. The molecule has 0 bridgehead atoms. The number of thiazole rings is 1. The van der Waals surface area contributed by atoms with E-state index in [-0.39, 0.29) is 0 Å². The number of nitrogens with zero attached hydrogens (tertiary/aromatic N) is 4. The predicted octanol–water partition coefficient (Wildman–Crippen LogP) is 3.45. The molecule has 0 aliphatic heterocycles. The van der Waals surface area contributed by atoms with Gasteiger partial charge in [-0.2, -0.15) is 4.98 Å². The van der Waals surface area contributed by atoms with E-state index in [9.17, 15) is 0 Å². The number of hydrogen-bond acceptors (Lipinski definition) is 6. The molecule has 0 radical (unpaired) electrons. The predicted molar refractivity (Wildman–Crippen MR) is 108 cm³/mol. The Morgan fingerprint density at radius 1 is 1.33 bits per heavy atom. The molecular weight excluding hydrogens is 384 g/mol. The third kappa shape index (κ3) is 5.77. The third-order valence-electron chi connectivity index (χ3n) is 3.57. The molecule has 0 saturated carbocycles. The van der Waals surface area contributed by atoms with Gasteiger partial charge in [0.05, 0.1) is 6.54 Å². The SMILES string of the molecule is CCNC(=NCc1ncc(C)s1)NCCc1nc(-c2cccc(Cl)c2)no1.